The average Bonchev–Trinajstić information content (AvgIpc) is 2.52. The van der Waals surface area contributed by atoms with Crippen LogP contribution in [0.25, 0.3) is 0 Å². The Bertz CT molecular complexity index is 338. The van der Waals surface area contributed by atoms with E-state index in [-0.39, 0.29) is 5.69 Å². The Hall–Kier alpha value is -1.31. The molecule has 0 aliphatic carbocycles. The predicted octanol–water partition coefficient (Wildman–Crippen LogP) is 1.04. The molecule has 0 atom stereocenters. The van der Waals surface area contributed by atoms with Crippen LogP contribution < -0.4 is 0 Å². The van der Waals surface area contributed by atoms with Gasteiger partial charge in [0.1, 0.15) is 0 Å². The molecule has 0 radical (unpaired) electrons. The standard InChI is InChI=1S/C5H2NO4P/c7-5(10-3-11-8)4-1-9-2-6-4/h1-2H. The number of carbonyl (C=O) groups is 1. The number of hydrogen-bond acceptors (Lipinski definition) is 5. The normalized spacial score (nSPS) is 8.36. The molecule has 0 aliphatic heterocycles. The van der Waals surface area contributed by atoms with Crippen molar-refractivity contribution in [2.45, 2.75) is 0 Å². The summed E-state index contributed by atoms with van der Waals surface area (Å²) in [6.07, 6.45) is 2.21. The van der Waals surface area contributed by atoms with Crippen LogP contribution in [0.15, 0.2) is 17.1 Å². The Morgan fingerprint density at radius 2 is 2.64 bits per heavy atom. The molecule has 0 saturated carbocycles. The number of oxazole rings is 1. The molecular formula is C5H2NO4P. The van der Waals surface area contributed by atoms with Gasteiger partial charge in [-0.3, -0.25) is 0 Å². The van der Waals surface area contributed by atoms with Gasteiger partial charge in [0.05, 0.1) is 0 Å². The minimum atomic E-state index is -0.748. The third kappa shape index (κ3) is 2.08. The van der Waals surface area contributed by atoms with Gasteiger partial charge < -0.3 is 0 Å². The van der Waals surface area contributed by atoms with Crippen molar-refractivity contribution in [1.82, 2.24) is 4.98 Å². The van der Waals surface area contributed by atoms with Crippen LogP contribution in [0.1, 0.15) is 10.5 Å². The van der Waals surface area contributed by atoms with E-state index in [1.54, 1.807) is 0 Å². The number of nitrogens with zero attached hydrogens (tertiary/aromatic N) is 1. The van der Waals surface area contributed by atoms with Crippen LogP contribution in [-0.2, 0) is 9.30 Å². The summed E-state index contributed by atoms with van der Waals surface area (Å²) in [4.78, 5) is 14.2. The zero-order valence-electron chi connectivity index (χ0n) is 5.18. The van der Waals surface area contributed by atoms with Crippen molar-refractivity contribution in [1.29, 1.82) is 0 Å². The Kier molecular flexibility index (Phi) is 2.66. The summed E-state index contributed by atoms with van der Waals surface area (Å²) in [7, 11) is -0.485. The van der Waals surface area contributed by atoms with Crippen molar-refractivity contribution in [2.24, 2.45) is 0 Å². The average molecular weight is 171 g/mol. The van der Waals surface area contributed by atoms with E-state index in [0.29, 0.717) is 0 Å². The summed E-state index contributed by atoms with van der Waals surface area (Å²) in [5.41, 5.74) is 0.0150. The van der Waals surface area contributed by atoms with E-state index in [1.165, 1.54) is 0 Å². The second kappa shape index (κ2) is 3.76. The number of hydrogen-bond donors (Lipinski definition) is 0. The minimum absolute atomic E-state index is 0.0150. The summed E-state index contributed by atoms with van der Waals surface area (Å²) >= 11 is 0. The molecule has 56 valence electrons. The van der Waals surface area contributed by atoms with E-state index in [1.807, 2.05) is 5.81 Å². The molecule has 1 aromatic rings. The van der Waals surface area contributed by atoms with Gasteiger partial charge in [0.15, 0.2) is 0 Å². The van der Waals surface area contributed by atoms with Gasteiger partial charge in [0.25, 0.3) is 0 Å². The van der Waals surface area contributed by atoms with Gasteiger partial charge >= 0.3 is 61.5 Å². The SMILES string of the molecule is O=P#COC(=O)c1cocn1. The Morgan fingerprint density at radius 1 is 1.82 bits per heavy atom. The number of aromatic nitrogens is 1. The van der Waals surface area contributed by atoms with Gasteiger partial charge in [-0.2, -0.15) is 0 Å². The van der Waals surface area contributed by atoms with Gasteiger partial charge in [0, 0.05) is 0 Å². The number of ether oxygens (including phenoxy) is 1. The fraction of sp³-hybridized carbons (Fsp3) is 0. The van der Waals surface area contributed by atoms with Gasteiger partial charge in [-0.25, -0.2) is 0 Å². The first kappa shape index (κ1) is 7.79. The van der Waals surface area contributed by atoms with Crippen LogP contribution in [0, 0.1) is 5.81 Å². The maximum atomic E-state index is 10.7. The molecule has 0 spiro atoms. The molecule has 1 aromatic heterocycles. The van der Waals surface area contributed by atoms with Crippen molar-refractivity contribution in [3.05, 3.63) is 18.4 Å². The van der Waals surface area contributed by atoms with Crippen LogP contribution in [0.2, 0.25) is 0 Å². The molecule has 0 N–H and O–H groups in total. The molecule has 0 saturated heterocycles. The van der Waals surface area contributed by atoms with E-state index in [4.69, 9.17) is 0 Å². The van der Waals surface area contributed by atoms with Crippen LogP contribution in [-0.4, -0.2) is 11.0 Å². The van der Waals surface area contributed by atoms with Crippen LogP contribution in [0.3, 0.4) is 0 Å². The second-order valence-corrected chi connectivity index (χ2v) is 1.81. The fourth-order valence-electron chi connectivity index (χ4n) is 0.426. The molecule has 1 rings (SSSR count). The molecule has 0 fully saturated rings. The zero-order chi connectivity index (χ0) is 8.10. The Labute approximate surface area is 62.5 Å². The first-order valence-electron chi connectivity index (χ1n) is 2.51. The van der Waals surface area contributed by atoms with Crippen LogP contribution >= 0.6 is 7.92 Å². The molecule has 6 heteroatoms. The van der Waals surface area contributed by atoms with Crippen LogP contribution in [0.5, 0.6) is 0 Å². The zero-order valence-corrected chi connectivity index (χ0v) is 6.08. The third-order valence-corrected chi connectivity index (χ3v) is 0.983. The van der Waals surface area contributed by atoms with E-state index >= 15 is 0 Å². The molecule has 0 unspecified atom stereocenters. The Morgan fingerprint density at radius 3 is 3.18 bits per heavy atom. The summed E-state index contributed by atoms with van der Waals surface area (Å²) in [5.74, 6) is 1.07. The van der Waals surface area contributed by atoms with E-state index in [0.717, 1.165) is 12.7 Å². The molecule has 0 aliphatic rings. The summed E-state index contributed by atoms with van der Waals surface area (Å²) in [6, 6.07) is 0. The summed E-state index contributed by atoms with van der Waals surface area (Å²) in [5, 5.41) is 0. The predicted molar refractivity (Wildman–Crippen MR) is 33.4 cm³/mol. The van der Waals surface area contributed by atoms with Crippen molar-refractivity contribution < 1.29 is 18.5 Å². The number of esters is 1. The topological polar surface area (TPSA) is 69.4 Å². The Balaban J connectivity index is 2.68. The van der Waals surface area contributed by atoms with Crippen molar-refractivity contribution in [3.8, 4) is 5.81 Å². The molecule has 5 nitrogen and oxygen atoms in total. The van der Waals surface area contributed by atoms with Crippen LogP contribution in [0.4, 0.5) is 0 Å². The first-order valence-corrected chi connectivity index (χ1v) is 3.32. The number of carbonyl (C=O) groups excluding carboxylic acids is 1. The summed E-state index contributed by atoms with van der Waals surface area (Å²) in [6.45, 7) is 0. The van der Waals surface area contributed by atoms with Gasteiger partial charge in [0.2, 0.25) is 0 Å². The second-order valence-electron chi connectivity index (χ2n) is 1.45. The molecule has 0 aromatic carbocycles. The third-order valence-electron chi connectivity index (χ3n) is 0.817. The molecule has 1 heterocycles. The molecular weight excluding hydrogens is 169 g/mol. The van der Waals surface area contributed by atoms with E-state index < -0.39 is 13.9 Å². The fourth-order valence-corrected chi connectivity index (χ4v) is 0.546. The molecule has 11 heavy (non-hydrogen) atoms. The quantitative estimate of drug-likeness (QED) is 0.466. The van der Waals surface area contributed by atoms with Gasteiger partial charge in [-0.1, -0.05) is 0 Å². The summed E-state index contributed by atoms with van der Waals surface area (Å²) < 4.78 is 18.4. The van der Waals surface area contributed by atoms with Crippen molar-refractivity contribution in [2.75, 3.05) is 0 Å². The maximum absolute atomic E-state index is 10.7. The molecule has 0 amide bonds. The molecule has 0 bridgehead atoms. The first-order chi connectivity index (χ1) is 5.34. The van der Waals surface area contributed by atoms with E-state index in [2.05, 4.69) is 14.1 Å². The van der Waals surface area contributed by atoms with Crippen molar-refractivity contribution >= 4 is 13.9 Å². The van der Waals surface area contributed by atoms with Gasteiger partial charge in [-0.15, -0.1) is 0 Å². The van der Waals surface area contributed by atoms with Crippen molar-refractivity contribution in [3.63, 3.8) is 0 Å². The van der Waals surface area contributed by atoms with E-state index in [9.17, 15) is 9.36 Å². The monoisotopic (exact) mass is 171 g/mol. The van der Waals surface area contributed by atoms with Gasteiger partial charge in [-0.05, 0) is 0 Å². The number of rotatable bonds is 1.